The smallest absolute Gasteiger partial charge is 0.169 e. The maximum absolute atomic E-state index is 13.3. The lowest BCUT2D eigenvalue weighted by molar-refractivity contribution is -0.0434. The second-order valence-corrected chi connectivity index (χ2v) is 8.59. The van der Waals surface area contributed by atoms with Gasteiger partial charge in [-0.3, -0.25) is 9.69 Å². The Morgan fingerprint density at radius 2 is 1.32 bits per heavy atom. The van der Waals surface area contributed by atoms with Crippen molar-refractivity contribution in [2.75, 3.05) is 6.54 Å². The molecule has 1 saturated heterocycles. The molecule has 4 rings (SSSR count). The maximum Gasteiger partial charge on any atom is 0.169 e. The van der Waals surface area contributed by atoms with Crippen molar-refractivity contribution in [3.63, 3.8) is 0 Å². The van der Waals surface area contributed by atoms with E-state index in [1.54, 1.807) is 0 Å². The molecule has 0 spiro atoms. The zero-order chi connectivity index (χ0) is 19.7. The number of carbonyl (C=O) groups is 1. The summed E-state index contributed by atoms with van der Waals surface area (Å²) < 4.78 is 0. The molecule has 3 aromatic rings. The normalized spacial score (nSPS) is 19.8. The first-order valence-corrected chi connectivity index (χ1v) is 9.96. The molecule has 0 bridgehead atoms. The van der Waals surface area contributed by atoms with Crippen molar-refractivity contribution in [1.82, 2.24) is 4.90 Å². The molecule has 2 heteroatoms. The fourth-order valence-corrected chi connectivity index (χ4v) is 4.16. The van der Waals surface area contributed by atoms with Gasteiger partial charge in [-0.15, -0.1) is 0 Å². The number of hydrogen-bond acceptors (Lipinski definition) is 2. The predicted octanol–water partition coefficient (Wildman–Crippen LogP) is 6.01. The summed E-state index contributed by atoms with van der Waals surface area (Å²) in [6, 6.07) is 28.9. The molecule has 0 N–H and O–H groups in total. The molecule has 2 atom stereocenters. The molecule has 0 saturated carbocycles. The minimum absolute atomic E-state index is 0.00389. The highest BCUT2D eigenvalue weighted by molar-refractivity contribution is 5.99. The number of likely N-dealkylation sites (tertiary alicyclic amines) is 1. The summed E-state index contributed by atoms with van der Waals surface area (Å²) in [5, 5.41) is 0. The quantitative estimate of drug-likeness (QED) is 0.525. The molecular weight excluding hydrogens is 342 g/mol. The van der Waals surface area contributed by atoms with E-state index in [0.29, 0.717) is 0 Å². The molecule has 3 aromatic carbocycles. The van der Waals surface area contributed by atoms with Gasteiger partial charge in [-0.05, 0) is 37.5 Å². The summed E-state index contributed by atoms with van der Waals surface area (Å²) in [5.41, 5.74) is 4.38. The number of Topliss-reactive ketones (excluding diaryl/α,β-unsaturated/α-hetero) is 1. The summed E-state index contributed by atoms with van der Waals surface area (Å²) >= 11 is 0. The zero-order valence-corrected chi connectivity index (χ0v) is 16.8. The van der Waals surface area contributed by atoms with Gasteiger partial charge >= 0.3 is 0 Å². The van der Waals surface area contributed by atoms with Crippen LogP contribution in [0.2, 0.25) is 0 Å². The minimum Gasteiger partial charge on any atom is -0.294 e. The third-order valence-corrected chi connectivity index (χ3v) is 5.73. The van der Waals surface area contributed by atoms with Crippen molar-refractivity contribution < 1.29 is 4.79 Å². The second kappa shape index (κ2) is 7.37. The number of hydrogen-bond donors (Lipinski definition) is 0. The molecule has 28 heavy (non-hydrogen) atoms. The lowest BCUT2D eigenvalue weighted by atomic mass is 9.75. The Morgan fingerprint density at radius 1 is 0.786 bits per heavy atom. The second-order valence-electron chi connectivity index (χ2n) is 8.59. The lowest BCUT2D eigenvalue weighted by Gasteiger charge is -2.54. The molecule has 0 unspecified atom stereocenters. The van der Waals surface area contributed by atoms with E-state index < -0.39 is 0 Å². The molecule has 0 amide bonds. The van der Waals surface area contributed by atoms with Crippen LogP contribution in [0.5, 0.6) is 0 Å². The molecule has 1 heterocycles. The topological polar surface area (TPSA) is 20.3 Å². The third kappa shape index (κ3) is 3.53. The molecule has 1 fully saturated rings. The van der Waals surface area contributed by atoms with E-state index in [1.807, 2.05) is 36.4 Å². The van der Waals surface area contributed by atoms with Crippen molar-refractivity contribution in [3.8, 4) is 11.1 Å². The van der Waals surface area contributed by atoms with Crippen LogP contribution in [-0.4, -0.2) is 22.8 Å². The van der Waals surface area contributed by atoms with Crippen LogP contribution >= 0.6 is 0 Å². The summed E-state index contributed by atoms with van der Waals surface area (Å²) in [6.45, 7) is 7.47. The molecular formula is C26H27NO. The van der Waals surface area contributed by atoms with Crippen LogP contribution in [0, 0.1) is 5.92 Å². The Labute approximate surface area is 167 Å². The molecule has 142 valence electrons. The van der Waals surface area contributed by atoms with Gasteiger partial charge in [0.05, 0.1) is 5.92 Å². The van der Waals surface area contributed by atoms with E-state index in [2.05, 4.69) is 74.2 Å². The zero-order valence-electron chi connectivity index (χ0n) is 16.8. The van der Waals surface area contributed by atoms with Crippen LogP contribution in [0.3, 0.4) is 0 Å². The highest BCUT2D eigenvalue weighted by Crippen LogP contribution is 2.44. The van der Waals surface area contributed by atoms with E-state index in [-0.39, 0.29) is 23.3 Å². The molecule has 0 aromatic heterocycles. The van der Waals surface area contributed by atoms with Crippen LogP contribution in [-0.2, 0) is 0 Å². The van der Waals surface area contributed by atoms with E-state index in [1.165, 1.54) is 11.1 Å². The van der Waals surface area contributed by atoms with Crippen molar-refractivity contribution in [3.05, 3.63) is 96.1 Å². The minimum atomic E-state index is 0.00389. The van der Waals surface area contributed by atoms with Gasteiger partial charge in [0, 0.05) is 23.7 Å². The monoisotopic (exact) mass is 369 g/mol. The molecule has 0 aliphatic carbocycles. The standard InChI is InChI=1S/C26H27NO/c1-26(2,3)27-18-23(24(27)21-12-8-5-9-13-21)25(28)22-16-14-20(15-17-22)19-10-6-4-7-11-19/h4-17,23-24H,18H2,1-3H3/t23-,24+/m0/s1. The first-order valence-electron chi connectivity index (χ1n) is 9.96. The van der Waals surface area contributed by atoms with Crippen molar-refractivity contribution >= 4 is 5.78 Å². The number of nitrogens with zero attached hydrogens (tertiary/aromatic N) is 1. The van der Waals surface area contributed by atoms with Crippen LogP contribution in [0.4, 0.5) is 0 Å². The van der Waals surface area contributed by atoms with Gasteiger partial charge < -0.3 is 0 Å². The average molecular weight is 370 g/mol. The number of benzene rings is 3. The van der Waals surface area contributed by atoms with E-state index in [0.717, 1.165) is 17.7 Å². The fourth-order valence-electron chi connectivity index (χ4n) is 4.16. The molecule has 1 aliphatic rings. The van der Waals surface area contributed by atoms with E-state index in [9.17, 15) is 4.79 Å². The van der Waals surface area contributed by atoms with Gasteiger partial charge in [-0.25, -0.2) is 0 Å². The first kappa shape index (κ1) is 18.6. The fraction of sp³-hybridized carbons (Fsp3) is 0.269. The summed E-state index contributed by atoms with van der Waals surface area (Å²) in [4.78, 5) is 15.7. The summed E-state index contributed by atoms with van der Waals surface area (Å²) in [7, 11) is 0. The lowest BCUT2D eigenvalue weighted by Crippen LogP contribution is -2.60. The van der Waals surface area contributed by atoms with Gasteiger partial charge in [0.1, 0.15) is 0 Å². The third-order valence-electron chi connectivity index (χ3n) is 5.73. The van der Waals surface area contributed by atoms with Crippen molar-refractivity contribution in [2.45, 2.75) is 32.4 Å². The van der Waals surface area contributed by atoms with Crippen LogP contribution < -0.4 is 0 Å². The largest absolute Gasteiger partial charge is 0.294 e. The average Bonchev–Trinajstić information content (AvgIpc) is 2.68. The van der Waals surface area contributed by atoms with Crippen LogP contribution in [0.15, 0.2) is 84.9 Å². The molecule has 2 nitrogen and oxygen atoms in total. The Bertz CT molecular complexity index is 939. The van der Waals surface area contributed by atoms with Gasteiger partial charge in [0.15, 0.2) is 5.78 Å². The Kier molecular flexibility index (Phi) is 4.91. The first-order chi connectivity index (χ1) is 13.4. The Morgan fingerprint density at radius 3 is 1.89 bits per heavy atom. The van der Waals surface area contributed by atoms with Gasteiger partial charge in [0.2, 0.25) is 0 Å². The van der Waals surface area contributed by atoms with E-state index in [4.69, 9.17) is 0 Å². The van der Waals surface area contributed by atoms with E-state index >= 15 is 0 Å². The highest BCUT2D eigenvalue weighted by Gasteiger charge is 2.48. The molecule has 1 aliphatic heterocycles. The Balaban J connectivity index is 1.59. The van der Waals surface area contributed by atoms with Crippen molar-refractivity contribution in [1.29, 1.82) is 0 Å². The highest BCUT2D eigenvalue weighted by atomic mass is 16.1. The van der Waals surface area contributed by atoms with Crippen LogP contribution in [0.25, 0.3) is 11.1 Å². The van der Waals surface area contributed by atoms with Gasteiger partial charge in [0.25, 0.3) is 0 Å². The number of rotatable bonds is 4. The van der Waals surface area contributed by atoms with Gasteiger partial charge in [-0.2, -0.15) is 0 Å². The predicted molar refractivity (Wildman–Crippen MR) is 115 cm³/mol. The summed E-state index contributed by atoms with van der Waals surface area (Å²) in [5.74, 6) is 0.248. The van der Waals surface area contributed by atoms with Gasteiger partial charge in [-0.1, -0.05) is 84.9 Å². The Hall–Kier alpha value is -2.71. The molecule has 0 radical (unpaired) electrons. The maximum atomic E-state index is 13.3. The number of carbonyl (C=O) groups excluding carboxylic acids is 1. The SMILES string of the molecule is CC(C)(C)N1C[C@H](C(=O)c2ccc(-c3ccccc3)cc2)[C@H]1c1ccccc1. The van der Waals surface area contributed by atoms with Crippen molar-refractivity contribution in [2.24, 2.45) is 5.92 Å². The number of ketones is 1. The van der Waals surface area contributed by atoms with Crippen LogP contribution in [0.1, 0.15) is 42.7 Å². The summed E-state index contributed by atoms with van der Waals surface area (Å²) in [6.07, 6.45) is 0.